The number of para-hydroxylation sites is 1. The molecule has 2 amide bonds. The van der Waals surface area contributed by atoms with Crippen molar-refractivity contribution >= 4 is 36.3 Å². The molecule has 3 aromatic rings. The summed E-state index contributed by atoms with van der Waals surface area (Å²) in [5, 5.41) is 21.2. The molecule has 1 atom stereocenters. The highest BCUT2D eigenvalue weighted by Gasteiger charge is 2.24. The van der Waals surface area contributed by atoms with Crippen LogP contribution in [0.25, 0.3) is 11.5 Å². The maximum atomic E-state index is 12.2. The second kappa shape index (κ2) is 11.3. The minimum absolute atomic E-state index is 0.196. The van der Waals surface area contributed by atoms with Gasteiger partial charge in [-0.1, -0.05) is 37.9 Å². The number of urea groups is 1. The van der Waals surface area contributed by atoms with Gasteiger partial charge in [0.2, 0.25) is 11.8 Å². The first kappa shape index (κ1) is 24.0. The highest BCUT2D eigenvalue weighted by Crippen LogP contribution is 2.39. The normalized spacial score (nSPS) is 12.0. The number of benzene rings is 2. The molecule has 170 valence electrons. The highest BCUT2D eigenvalue weighted by molar-refractivity contribution is 7.99. The van der Waals surface area contributed by atoms with E-state index in [1.54, 1.807) is 48.2 Å². The number of phenols is 1. The van der Waals surface area contributed by atoms with Gasteiger partial charge >= 0.3 is 6.03 Å². The topological polar surface area (TPSA) is 94.7 Å². The van der Waals surface area contributed by atoms with Crippen molar-refractivity contribution in [3.8, 4) is 17.2 Å². The van der Waals surface area contributed by atoms with E-state index < -0.39 is 0 Å². The van der Waals surface area contributed by atoms with E-state index >= 15 is 0 Å². The zero-order chi connectivity index (χ0) is 23.1. The van der Waals surface area contributed by atoms with Crippen LogP contribution in [0.5, 0.6) is 5.75 Å². The molecular weight excluding hydrogens is 446 g/mol. The second-order valence-corrected chi connectivity index (χ2v) is 9.14. The summed E-state index contributed by atoms with van der Waals surface area (Å²) in [5.74, 6) is 1.82. The molecule has 32 heavy (non-hydrogen) atoms. The highest BCUT2D eigenvalue weighted by atomic mass is 32.2. The predicted molar refractivity (Wildman–Crippen MR) is 131 cm³/mol. The van der Waals surface area contributed by atoms with Crippen molar-refractivity contribution in [1.29, 1.82) is 0 Å². The van der Waals surface area contributed by atoms with Gasteiger partial charge in [0, 0.05) is 29.9 Å². The van der Waals surface area contributed by atoms with Gasteiger partial charge in [0.25, 0.3) is 0 Å². The van der Waals surface area contributed by atoms with Gasteiger partial charge in [-0.15, -0.1) is 22.0 Å². The Bertz CT molecular complexity index is 1030. The SMILES string of the molecule is CCSC(c1nnc(-c2ccc(NC(=O)N(S)CCN(C)C)cc2)o1)c1ccccc1O. The van der Waals surface area contributed by atoms with Gasteiger partial charge < -0.3 is 19.7 Å². The van der Waals surface area contributed by atoms with Gasteiger partial charge in [-0.25, -0.2) is 4.79 Å². The minimum atomic E-state index is -0.301. The average molecular weight is 474 g/mol. The molecule has 0 radical (unpaired) electrons. The Balaban J connectivity index is 1.71. The third-order valence-corrected chi connectivity index (χ3v) is 6.10. The Morgan fingerprint density at radius 1 is 1.16 bits per heavy atom. The molecule has 0 aliphatic rings. The summed E-state index contributed by atoms with van der Waals surface area (Å²) < 4.78 is 7.28. The van der Waals surface area contributed by atoms with Crippen LogP contribution in [0, 0.1) is 0 Å². The van der Waals surface area contributed by atoms with E-state index in [1.807, 2.05) is 38.1 Å². The molecule has 1 aromatic heterocycles. The van der Waals surface area contributed by atoms with Crippen LogP contribution in [0.1, 0.15) is 23.6 Å². The van der Waals surface area contributed by atoms with E-state index in [-0.39, 0.29) is 17.0 Å². The number of nitrogens with zero attached hydrogens (tertiary/aromatic N) is 4. The summed E-state index contributed by atoms with van der Waals surface area (Å²) in [5.41, 5.74) is 2.10. The van der Waals surface area contributed by atoms with Gasteiger partial charge in [0.1, 0.15) is 11.0 Å². The Kier molecular flexibility index (Phi) is 8.43. The summed E-state index contributed by atoms with van der Waals surface area (Å²) in [6.07, 6.45) is 0. The lowest BCUT2D eigenvalue weighted by atomic mass is 10.1. The van der Waals surface area contributed by atoms with Crippen LogP contribution >= 0.6 is 24.6 Å². The lowest BCUT2D eigenvalue weighted by Crippen LogP contribution is -2.32. The Morgan fingerprint density at radius 3 is 2.53 bits per heavy atom. The molecule has 8 nitrogen and oxygen atoms in total. The van der Waals surface area contributed by atoms with Crippen LogP contribution in [-0.4, -0.2) is 63.5 Å². The fourth-order valence-corrected chi connectivity index (χ4v) is 4.00. The number of likely N-dealkylation sites (N-methyl/N-ethyl adjacent to an activating group) is 1. The number of aromatic nitrogens is 2. The van der Waals surface area contributed by atoms with E-state index in [2.05, 4.69) is 28.3 Å². The molecule has 0 fully saturated rings. The fraction of sp³-hybridized carbons (Fsp3) is 0.318. The van der Waals surface area contributed by atoms with Crippen LogP contribution in [0.15, 0.2) is 52.9 Å². The number of hydrogen-bond acceptors (Lipinski definition) is 8. The van der Waals surface area contributed by atoms with Crippen LogP contribution in [0.2, 0.25) is 0 Å². The number of nitrogens with one attached hydrogen (secondary N) is 1. The molecule has 0 aliphatic carbocycles. The van der Waals surface area contributed by atoms with Crippen LogP contribution in [0.4, 0.5) is 10.5 Å². The quantitative estimate of drug-likeness (QED) is 0.393. The number of carbonyl (C=O) groups excluding carboxylic acids is 1. The lowest BCUT2D eigenvalue weighted by Gasteiger charge is -2.18. The Hall–Kier alpha value is -2.69. The number of rotatable bonds is 9. The molecule has 0 bridgehead atoms. The maximum Gasteiger partial charge on any atom is 0.331 e. The number of phenolic OH excluding ortho intramolecular Hbond substituents is 1. The van der Waals surface area contributed by atoms with Crippen molar-refractivity contribution in [1.82, 2.24) is 19.4 Å². The Labute approximate surface area is 197 Å². The van der Waals surface area contributed by atoms with Crippen molar-refractivity contribution < 1.29 is 14.3 Å². The van der Waals surface area contributed by atoms with Crippen LogP contribution in [0.3, 0.4) is 0 Å². The van der Waals surface area contributed by atoms with Gasteiger partial charge in [-0.05, 0) is 50.2 Å². The van der Waals surface area contributed by atoms with Gasteiger partial charge in [-0.3, -0.25) is 4.31 Å². The average Bonchev–Trinajstić information content (AvgIpc) is 3.27. The smallest absolute Gasteiger partial charge is 0.331 e. The van der Waals surface area contributed by atoms with Crippen LogP contribution in [-0.2, 0) is 0 Å². The van der Waals surface area contributed by atoms with E-state index in [9.17, 15) is 9.90 Å². The number of amides is 2. The molecule has 0 saturated heterocycles. The van der Waals surface area contributed by atoms with Crippen molar-refractivity contribution in [3.05, 3.63) is 60.0 Å². The van der Waals surface area contributed by atoms with E-state index in [0.717, 1.165) is 16.9 Å². The molecule has 2 aromatic carbocycles. The predicted octanol–water partition coefficient (Wildman–Crippen LogP) is 4.53. The monoisotopic (exact) mass is 473 g/mol. The maximum absolute atomic E-state index is 12.2. The summed E-state index contributed by atoms with van der Waals surface area (Å²) in [6.45, 7) is 3.25. The molecule has 3 rings (SSSR count). The third-order valence-electron chi connectivity index (χ3n) is 4.59. The van der Waals surface area contributed by atoms with E-state index in [4.69, 9.17) is 4.42 Å². The largest absolute Gasteiger partial charge is 0.508 e. The third kappa shape index (κ3) is 6.18. The van der Waals surface area contributed by atoms with Crippen molar-refractivity contribution in [2.75, 3.05) is 38.3 Å². The fourth-order valence-electron chi connectivity index (χ4n) is 2.91. The molecule has 1 unspecified atom stereocenters. The van der Waals surface area contributed by atoms with Crippen molar-refractivity contribution in [2.45, 2.75) is 12.2 Å². The number of aromatic hydroxyl groups is 1. The zero-order valence-corrected chi connectivity index (χ0v) is 19.9. The summed E-state index contributed by atoms with van der Waals surface area (Å²) >= 11 is 5.83. The van der Waals surface area contributed by atoms with Gasteiger partial charge in [0.05, 0.1) is 0 Å². The van der Waals surface area contributed by atoms with Crippen LogP contribution < -0.4 is 5.32 Å². The molecule has 0 aliphatic heterocycles. The number of anilines is 1. The lowest BCUT2D eigenvalue weighted by molar-refractivity contribution is 0.236. The number of thiol groups is 1. The zero-order valence-electron chi connectivity index (χ0n) is 18.2. The summed E-state index contributed by atoms with van der Waals surface area (Å²) in [6, 6.07) is 14.0. The molecule has 1 heterocycles. The molecule has 2 N–H and O–H groups in total. The number of hydrogen-bond donors (Lipinski definition) is 3. The molecule has 10 heteroatoms. The summed E-state index contributed by atoms with van der Waals surface area (Å²) in [7, 11) is 3.87. The van der Waals surface area contributed by atoms with Gasteiger partial charge in [-0.2, -0.15) is 0 Å². The Morgan fingerprint density at radius 2 is 1.88 bits per heavy atom. The van der Waals surface area contributed by atoms with Crippen molar-refractivity contribution in [2.24, 2.45) is 0 Å². The summed E-state index contributed by atoms with van der Waals surface area (Å²) in [4.78, 5) is 14.2. The van der Waals surface area contributed by atoms with E-state index in [0.29, 0.717) is 30.6 Å². The number of carbonyl (C=O) groups is 1. The first-order valence-electron chi connectivity index (χ1n) is 10.1. The molecule has 0 saturated carbocycles. The first-order chi connectivity index (χ1) is 15.4. The van der Waals surface area contributed by atoms with E-state index in [1.165, 1.54) is 4.31 Å². The minimum Gasteiger partial charge on any atom is -0.508 e. The second-order valence-electron chi connectivity index (χ2n) is 7.27. The first-order valence-corrected chi connectivity index (χ1v) is 11.6. The van der Waals surface area contributed by atoms with Crippen molar-refractivity contribution in [3.63, 3.8) is 0 Å². The number of thioether (sulfide) groups is 1. The molecule has 0 spiro atoms. The molecular formula is C22H27N5O3S2. The standard InChI is InChI=1S/C22H27N5O3S2/c1-4-32-19(17-7-5-6-8-18(17)28)21-25-24-20(30-21)15-9-11-16(12-10-15)23-22(29)27(31)14-13-26(2)3/h5-12,19,28,31H,4,13-14H2,1-3H3,(H,23,29). The van der Waals surface area contributed by atoms with Gasteiger partial charge in [0.15, 0.2) is 0 Å².